The average Bonchev–Trinajstić information content (AvgIpc) is 2.19. The molecule has 1 atom stereocenters. The maximum atomic E-state index is 6.08. The Kier molecular flexibility index (Phi) is 5.48. The van der Waals surface area contributed by atoms with E-state index in [1.54, 1.807) is 0 Å². The molecule has 2 heteroatoms. The molecule has 0 saturated carbocycles. The predicted molar refractivity (Wildman–Crippen MR) is 70.2 cm³/mol. The number of rotatable bonds is 5. The van der Waals surface area contributed by atoms with E-state index in [9.17, 15) is 0 Å². The summed E-state index contributed by atoms with van der Waals surface area (Å²) < 4.78 is 1.27. The molecule has 0 amide bonds. The quantitative estimate of drug-likeness (QED) is 0.648. The monoisotopic (exact) mass is 303 g/mol. The second kappa shape index (κ2) is 6.40. The highest BCUT2D eigenvalue weighted by Gasteiger charge is 2.04. The van der Waals surface area contributed by atoms with Gasteiger partial charge in [-0.3, -0.25) is 0 Å². The van der Waals surface area contributed by atoms with E-state index in [2.05, 4.69) is 53.8 Å². The maximum Gasteiger partial charge on any atom is 0.0294 e. The van der Waals surface area contributed by atoms with Gasteiger partial charge in [0, 0.05) is 9.61 Å². The van der Waals surface area contributed by atoms with Crippen molar-refractivity contribution >= 4 is 22.6 Å². The molecule has 0 aliphatic carbocycles. The van der Waals surface area contributed by atoms with Gasteiger partial charge in [-0.1, -0.05) is 38.3 Å². The van der Waals surface area contributed by atoms with Crippen LogP contribution in [0.4, 0.5) is 0 Å². The van der Waals surface area contributed by atoms with Crippen LogP contribution in [0.15, 0.2) is 24.3 Å². The first kappa shape index (κ1) is 12.0. The minimum absolute atomic E-state index is 0.221. The summed E-state index contributed by atoms with van der Waals surface area (Å²) in [6, 6.07) is 8.74. The Balaban J connectivity index is 2.43. The van der Waals surface area contributed by atoms with Crippen molar-refractivity contribution in [2.45, 2.75) is 38.6 Å². The van der Waals surface area contributed by atoms with Gasteiger partial charge in [-0.05, 0) is 46.7 Å². The van der Waals surface area contributed by atoms with Gasteiger partial charge >= 0.3 is 0 Å². The smallest absolute Gasteiger partial charge is 0.0294 e. The third-order valence-electron chi connectivity index (χ3n) is 2.42. The highest BCUT2D eigenvalue weighted by molar-refractivity contribution is 14.1. The van der Waals surface area contributed by atoms with Gasteiger partial charge in [-0.2, -0.15) is 0 Å². The zero-order valence-electron chi connectivity index (χ0n) is 8.67. The van der Waals surface area contributed by atoms with Crippen LogP contribution in [-0.4, -0.2) is 0 Å². The van der Waals surface area contributed by atoms with E-state index in [0.29, 0.717) is 0 Å². The largest absolute Gasteiger partial charge is 0.324 e. The van der Waals surface area contributed by atoms with Crippen LogP contribution in [-0.2, 0) is 0 Å². The third-order valence-corrected chi connectivity index (χ3v) is 3.14. The molecule has 1 aromatic rings. The average molecular weight is 303 g/mol. The van der Waals surface area contributed by atoms with E-state index in [1.807, 2.05) is 0 Å². The number of nitrogens with two attached hydrogens (primary N) is 1. The second-order valence-electron chi connectivity index (χ2n) is 3.65. The molecule has 0 spiro atoms. The lowest BCUT2D eigenvalue weighted by Gasteiger charge is -2.11. The number of hydrogen-bond acceptors (Lipinski definition) is 1. The fraction of sp³-hybridized carbons (Fsp3) is 0.500. The number of hydrogen-bond donors (Lipinski definition) is 1. The van der Waals surface area contributed by atoms with Crippen molar-refractivity contribution in [3.8, 4) is 0 Å². The summed E-state index contributed by atoms with van der Waals surface area (Å²) in [5.74, 6) is 0. The molecule has 1 aromatic carbocycles. The molecule has 14 heavy (non-hydrogen) atoms. The van der Waals surface area contributed by atoms with Gasteiger partial charge in [-0.25, -0.2) is 0 Å². The SMILES string of the molecule is CCCCC[C@@H](N)c1ccc(I)cc1. The maximum absolute atomic E-state index is 6.08. The number of halogens is 1. The van der Waals surface area contributed by atoms with Gasteiger partial charge in [0.25, 0.3) is 0 Å². The van der Waals surface area contributed by atoms with Crippen LogP contribution in [0.5, 0.6) is 0 Å². The summed E-state index contributed by atoms with van der Waals surface area (Å²) in [7, 11) is 0. The standard InChI is InChI=1S/C12H18IN/c1-2-3-4-5-12(14)10-6-8-11(13)9-7-10/h6-9,12H,2-5,14H2,1H3/t12-/m1/s1. The number of benzene rings is 1. The summed E-state index contributed by atoms with van der Waals surface area (Å²) in [6.07, 6.45) is 4.90. The van der Waals surface area contributed by atoms with Gasteiger partial charge in [0.2, 0.25) is 0 Å². The molecule has 0 unspecified atom stereocenters. The lowest BCUT2D eigenvalue weighted by atomic mass is 10.0. The van der Waals surface area contributed by atoms with Gasteiger partial charge in [0.05, 0.1) is 0 Å². The summed E-state index contributed by atoms with van der Waals surface area (Å²) in [6.45, 7) is 2.22. The Bertz CT molecular complexity index is 256. The lowest BCUT2D eigenvalue weighted by Crippen LogP contribution is -2.09. The first-order valence-electron chi connectivity index (χ1n) is 5.25. The molecule has 78 valence electrons. The van der Waals surface area contributed by atoms with Crippen LogP contribution in [0.3, 0.4) is 0 Å². The molecule has 0 aliphatic heterocycles. The van der Waals surface area contributed by atoms with E-state index < -0.39 is 0 Å². The second-order valence-corrected chi connectivity index (χ2v) is 4.90. The molecule has 0 fully saturated rings. The highest BCUT2D eigenvalue weighted by atomic mass is 127. The van der Waals surface area contributed by atoms with Crippen molar-refractivity contribution in [2.24, 2.45) is 5.73 Å². The van der Waals surface area contributed by atoms with Crippen molar-refractivity contribution in [2.75, 3.05) is 0 Å². The van der Waals surface area contributed by atoms with E-state index in [-0.39, 0.29) is 6.04 Å². The third kappa shape index (κ3) is 3.96. The fourth-order valence-corrected chi connectivity index (χ4v) is 1.85. The van der Waals surface area contributed by atoms with Gasteiger partial charge in [0.15, 0.2) is 0 Å². The molecule has 0 bridgehead atoms. The summed E-state index contributed by atoms with van der Waals surface area (Å²) in [5, 5.41) is 0. The van der Waals surface area contributed by atoms with Gasteiger partial charge in [-0.15, -0.1) is 0 Å². The fourth-order valence-electron chi connectivity index (χ4n) is 1.49. The van der Waals surface area contributed by atoms with E-state index in [1.165, 1.54) is 28.4 Å². The zero-order chi connectivity index (χ0) is 10.4. The van der Waals surface area contributed by atoms with Crippen LogP contribution < -0.4 is 5.73 Å². The predicted octanol–water partition coefficient (Wildman–Crippen LogP) is 3.87. The van der Waals surface area contributed by atoms with Crippen LogP contribution >= 0.6 is 22.6 Å². The van der Waals surface area contributed by atoms with Crippen molar-refractivity contribution in [1.82, 2.24) is 0 Å². The molecular weight excluding hydrogens is 285 g/mol. The van der Waals surface area contributed by atoms with Crippen LogP contribution in [0.2, 0.25) is 0 Å². The van der Waals surface area contributed by atoms with Crippen molar-refractivity contribution in [3.05, 3.63) is 33.4 Å². The van der Waals surface area contributed by atoms with Crippen molar-refractivity contribution in [3.63, 3.8) is 0 Å². The Morgan fingerprint density at radius 2 is 1.86 bits per heavy atom. The van der Waals surface area contributed by atoms with Crippen molar-refractivity contribution < 1.29 is 0 Å². The molecule has 0 aliphatic rings. The lowest BCUT2D eigenvalue weighted by molar-refractivity contribution is 0.581. The molecule has 2 N–H and O–H groups in total. The van der Waals surface area contributed by atoms with Crippen LogP contribution in [0.25, 0.3) is 0 Å². The van der Waals surface area contributed by atoms with Crippen molar-refractivity contribution in [1.29, 1.82) is 0 Å². The van der Waals surface area contributed by atoms with Gasteiger partial charge < -0.3 is 5.73 Å². The summed E-state index contributed by atoms with van der Waals surface area (Å²) >= 11 is 2.31. The molecule has 1 rings (SSSR count). The Morgan fingerprint density at radius 3 is 2.43 bits per heavy atom. The van der Waals surface area contributed by atoms with Crippen LogP contribution in [0.1, 0.15) is 44.2 Å². The van der Waals surface area contributed by atoms with Gasteiger partial charge in [0.1, 0.15) is 0 Å². The molecule has 0 aromatic heterocycles. The summed E-state index contributed by atoms with van der Waals surface area (Å²) in [4.78, 5) is 0. The molecule has 0 saturated heterocycles. The molecular formula is C12H18IN. The van der Waals surface area contributed by atoms with E-state index in [4.69, 9.17) is 5.73 Å². The van der Waals surface area contributed by atoms with E-state index in [0.717, 1.165) is 6.42 Å². The first-order chi connectivity index (χ1) is 6.74. The molecule has 0 heterocycles. The zero-order valence-corrected chi connectivity index (χ0v) is 10.8. The normalized spacial score (nSPS) is 12.8. The topological polar surface area (TPSA) is 26.0 Å². The Morgan fingerprint density at radius 1 is 1.21 bits per heavy atom. The van der Waals surface area contributed by atoms with E-state index >= 15 is 0 Å². The Hall–Kier alpha value is -0.0900. The van der Waals surface area contributed by atoms with Crippen LogP contribution in [0, 0.1) is 3.57 Å². The number of unbranched alkanes of at least 4 members (excludes halogenated alkanes) is 2. The molecule has 1 nitrogen and oxygen atoms in total. The summed E-state index contributed by atoms with van der Waals surface area (Å²) in [5.41, 5.74) is 7.35. The Labute approximate surface area is 100 Å². The first-order valence-corrected chi connectivity index (χ1v) is 6.33. The minimum atomic E-state index is 0.221. The highest BCUT2D eigenvalue weighted by Crippen LogP contribution is 2.18. The minimum Gasteiger partial charge on any atom is -0.324 e. The molecule has 0 radical (unpaired) electrons.